The molecule has 158 valence electrons. The van der Waals surface area contributed by atoms with E-state index in [-0.39, 0.29) is 23.2 Å². The summed E-state index contributed by atoms with van der Waals surface area (Å²) in [6, 6.07) is 3.29. The third-order valence-corrected chi connectivity index (χ3v) is 5.05. The molecule has 3 rings (SSSR count). The average Bonchev–Trinajstić information content (AvgIpc) is 3.08. The Morgan fingerprint density at radius 1 is 1.28 bits per heavy atom. The summed E-state index contributed by atoms with van der Waals surface area (Å²) in [5, 5.41) is 19.7. The molecule has 8 nitrogen and oxygen atoms in total. The molecule has 1 aromatic heterocycles. The van der Waals surface area contributed by atoms with Crippen LogP contribution in [0.15, 0.2) is 27.4 Å². The fourth-order valence-corrected chi connectivity index (χ4v) is 3.60. The van der Waals surface area contributed by atoms with E-state index in [4.69, 9.17) is 9.52 Å². The van der Waals surface area contributed by atoms with E-state index in [0.29, 0.717) is 31.7 Å². The van der Waals surface area contributed by atoms with Crippen LogP contribution in [-0.4, -0.2) is 34.0 Å². The largest absolute Gasteiger partial charge is 0.465 e. The van der Waals surface area contributed by atoms with Crippen LogP contribution in [-0.2, 0) is 6.18 Å². The normalized spacial score (nSPS) is 19.7. The fraction of sp³-hybridized carbons (Fsp3) is 0.500. The topological polar surface area (TPSA) is 120 Å². The van der Waals surface area contributed by atoms with Crippen LogP contribution in [0, 0.1) is 5.92 Å². The van der Waals surface area contributed by atoms with E-state index >= 15 is 0 Å². The fourth-order valence-electron chi connectivity index (χ4n) is 3.60. The first kappa shape index (κ1) is 20.7. The lowest BCUT2D eigenvalue weighted by molar-refractivity contribution is -0.137. The molecule has 1 amide bonds. The summed E-state index contributed by atoms with van der Waals surface area (Å²) in [4.78, 5) is 21.6. The number of amides is 1. The summed E-state index contributed by atoms with van der Waals surface area (Å²) in [7, 11) is 0. The van der Waals surface area contributed by atoms with Crippen LogP contribution in [0.2, 0.25) is 0 Å². The Morgan fingerprint density at radius 3 is 2.59 bits per heavy atom. The van der Waals surface area contributed by atoms with E-state index in [0.717, 1.165) is 18.9 Å². The van der Waals surface area contributed by atoms with E-state index in [9.17, 15) is 22.8 Å². The van der Waals surface area contributed by atoms with Crippen molar-refractivity contribution in [3.8, 4) is 11.5 Å². The minimum atomic E-state index is -4.53. The van der Waals surface area contributed by atoms with Crippen LogP contribution < -0.4 is 16.4 Å². The number of nitrogens with zero attached hydrogens (tertiary/aromatic N) is 1. The number of nitrogens with one attached hydrogen (secondary N) is 3. The quantitative estimate of drug-likeness (QED) is 0.572. The molecule has 1 aliphatic rings. The van der Waals surface area contributed by atoms with Gasteiger partial charge in [0.2, 0.25) is 5.89 Å². The third kappa shape index (κ3) is 5.52. The van der Waals surface area contributed by atoms with Gasteiger partial charge in [-0.3, -0.25) is 0 Å². The van der Waals surface area contributed by atoms with Crippen LogP contribution in [0.3, 0.4) is 0 Å². The number of hydrogen-bond acceptors (Lipinski definition) is 5. The number of halogens is 3. The lowest BCUT2D eigenvalue weighted by atomic mass is 9.84. The van der Waals surface area contributed by atoms with E-state index in [1.165, 1.54) is 12.1 Å². The zero-order chi connectivity index (χ0) is 21.0. The van der Waals surface area contributed by atoms with Gasteiger partial charge in [0, 0.05) is 23.8 Å². The third-order valence-electron chi connectivity index (χ3n) is 5.05. The number of anilines is 1. The van der Waals surface area contributed by atoms with Gasteiger partial charge in [-0.25, -0.2) is 14.7 Å². The molecule has 0 saturated heterocycles. The number of hydrogen-bond donors (Lipinski definition) is 4. The van der Waals surface area contributed by atoms with Gasteiger partial charge in [0.1, 0.15) is 0 Å². The number of aromatic nitrogens is 2. The van der Waals surface area contributed by atoms with Gasteiger partial charge in [-0.2, -0.15) is 13.2 Å². The van der Waals surface area contributed by atoms with Gasteiger partial charge < -0.3 is 20.2 Å². The Balaban J connectivity index is 1.69. The second-order valence-corrected chi connectivity index (χ2v) is 7.06. The maximum Gasteiger partial charge on any atom is 0.434 e. The van der Waals surface area contributed by atoms with E-state index in [1.807, 2.05) is 0 Å². The number of benzene rings is 1. The molecule has 0 aliphatic heterocycles. The number of rotatable bonds is 6. The smallest absolute Gasteiger partial charge is 0.434 e. The molecule has 1 fully saturated rings. The molecule has 1 aliphatic carbocycles. The molecule has 0 radical (unpaired) electrons. The summed E-state index contributed by atoms with van der Waals surface area (Å²) in [5.41, 5.74) is -0.629. The Labute approximate surface area is 163 Å². The van der Waals surface area contributed by atoms with Crippen LogP contribution in [0.4, 0.5) is 23.7 Å². The molecule has 0 unspecified atom stereocenters. The first-order chi connectivity index (χ1) is 13.7. The van der Waals surface area contributed by atoms with Crippen LogP contribution >= 0.6 is 0 Å². The summed E-state index contributed by atoms with van der Waals surface area (Å²) in [6.45, 7) is 0.368. The molecule has 0 spiro atoms. The molecule has 0 bridgehead atoms. The summed E-state index contributed by atoms with van der Waals surface area (Å²) < 4.78 is 45.1. The minimum absolute atomic E-state index is 0.0820. The van der Waals surface area contributed by atoms with Gasteiger partial charge >= 0.3 is 18.0 Å². The first-order valence-electron chi connectivity index (χ1n) is 9.23. The zero-order valence-corrected chi connectivity index (χ0v) is 15.4. The maximum atomic E-state index is 13.4. The van der Waals surface area contributed by atoms with E-state index < -0.39 is 23.6 Å². The lowest BCUT2D eigenvalue weighted by Gasteiger charge is -2.30. The number of alkyl halides is 3. The Morgan fingerprint density at radius 2 is 2.00 bits per heavy atom. The van der Waals surface area contributed by atoms with Crippen molar-refractivity contribution in [3.63, 3.8) is 0 Å². The molecule has 29 heavy (non-hydrogen) atoms. The van der Waals surface area contributed by atoms with E-state index in [2.05, 4.69) is 20.8 Å². The van der Waals surface area contributed by atoms with Crippen molar-refractivity contribution in [1.82, 2.24) is 15.5 Å². The summed E-state index contributed by atoms with van der Waals surface area (Å²) >= 11 is 0. The minimum Gasteiger partial charge on any atom is -0.465 e. The van der Waals surface area contributed by atoms with Crippen molar-refractivity contribution in [2.24, 2.45) is 5.92 Å². The van der Waals surface area contributed by atoms with Crippen molar-refractivity contribution >= 4 is 11.8 Å². The second-order valence-electron chi connectivity index (χ2n) is 7.06. The van der Waals surface area contributed by atoms with Crippen molar-refractivity contribution < 1.29 is 27.5 Å². The molecule has 1 saturated carbocycles. The highest BCUT2D eigenvalue weighted by atomic mass is 19.4. The molecular formula is C18H21F3N4O4. The number of H-pyrrole nitrogens is 1. The number of carboxylic acid groups (broad SMARTS) is 1. The van der Waals surface area contributed by atoms with Gasteiger partial charge in [-0.05, 0) is 56.2 Å². The van der Waals surface area contributed by atoms with Gasteiger partial charge in [-0.1, -0.05) is 0 Å². The highest BCUT2D eigenvalue weighted by molar-refractivity contribution is 5.65. The predicted molar refractivity (Wildman–Crippen MR) is 97.6 cm³/mol. The van der Waals surface area contributed by atoms with Gasteiger partial charge in [0.25, 0.3) is 0 Å². The Bertz CT molecular complexity index is 901. The standard InChI is InChI=1S/C18H21F3N4O4/c19-18(20,21)13-6-3-11(15-24-25-17(28)29-15)9-14(13)23-12-4-1-10(2-5-12)7-8-22-16(26)27/h3,6,9-10,12,22-23H,1-2,4-5,7-8H2,(H,25,28)(H,26,27). The lowest BCUT2D eigenvalue weighted by Crippen LogP contribution is -2.29. The molecule has 0 atom stereocenters. The zero-order valence-electron chi connectivity index (χ0n) is 15.4. The Kier molecular flexibility index (Phi) is 6.14. The SMILES string of the molecule is O=C(O)NCCC1CCC(Nc2cc(-c3n[nH]c(=O)o3)ccc2C(F)(F)F)CC1. The van der Waals surface area contributed by atoms with Crippen molar-refractivity contribution in [3.05, 3.63) is 34.3 Å². The molecule has 4 N–H and O–H groups in total. The molecule has 11 heteroatoms. The molecule has 2 aromatic rings. The van der Waals surface area contributed by atoms with Crippen molar-refractivity contribution in [2.45, 2.75) is 44.3 Å². The van der Waals surface area contributed by atoms with Crippen LogP contribution in [0.25, 0.3) is 11.5 Å². The molecular weight excluding hydrogens is 393 g/mol. The highest BCUT2D eigenvalue weighted by Crippen LogP contribution is 2.38. The first-order valence-corrected chi connectivity index (χ1v) is 9.23. The van der Waals surface area contributed by atoms with Gasteiger partial charge in [-0.15, -0.1) is 5.10 Å². The van der Waals surface area contributed by atoms with Crippen molar-refractivity contribution in [2.75, 3.05) is 11.9 Å². The van der Waals surface area contributed by atoms with Crippen LogP contribution in [0.5, 0.6) is 0 Å². The van der Waals surface area contributed by atoms with Gasteiger partial charge in [0.15, 0.2) is 0 Å². The van der Waals surface area contributed by atoms with Gasteiger partial charge in [0.05, 0.1) is 5.56 Å². The Hall–Kier alpha value is -2.98. The summed E-state index contributed by atoms with van der Waals surface area (Å²) in [5.74, 6) is -0.529. The molecule has 1 aromatic carbocycles. The monoisotopic (exact) mass is 414 g/mol. The van der Waals surface area contributed by atoms with Crippen molar-refractivity contribution in [1.29, 1.82) is 0 Å². The van der Waals surface area contributed by atoms with Crippen LogP contribution in [0.1, 0.15) is 37.7 Å². The second kappa shape index (κ2) is 8.58. The van der Waals surface area contributed by atoms with E-state index in [1.54, 1.807) is 0 Å². The highest BCUT2D eigenvalue weighted by Gasteiger charge is 2.34. The maximum absolute atomic E-state index is 13.4. The average molecular weight is 414 g/mol. The molecule has 1 heterocycles. The number of aromatic amines is 1. The predicted octanol–water partition coefficient (Wildman–Crippen LogP) is 3.68. The number of carbonyl (C=O) groups is 1. The summed E-state index contributed by atoms with van der Waals surface area (Å²) in [6.07, 6.45) is -1.93.